The molecule has 1 atom stereocenters. The summed E-state index contributed by atoms with van der Waals surface area (Å²) >= 11 is 5.41. The molecule has 0 radical (unpaired) electrons. The lowest BCUT2D eigenvalue weighted by atomic mass is 9.69. The highest BCUT2D eigenvalue weighted by atomic mass is 32.1. The lowest BCUT2D eigenvalue weighted by Crippen LogP contribution is -2.41. The molecule has 2 aromatic carbocycles. The van der Waals surface area contributed by atoms with Gasteiger partial charge in [-0.05, 0) is 53.9 Å². The summed E-state index contributed by atoms with van der Waals surface area (Å²) in [6.07, 6.45) is 1.05. The van der Waals surface area contributed by atoms with Crippen LogP contribution in [0.4, 0.5) is 17.5 Å². The van der Waals surface area contributed by atoms with E-state index in [2.05, 4.69) is 28.8 Å². The second kappa shape index (κ2) is 8.27. The Morgan fingerprint density at radius 3 is 2.43 bits per heavy atom. The van der Waals surface area contributed by atoms with Crippen LogP contribution in [0.25, 0.3) is 11.0 Å². The molecule has 0 saturated carbocycles. The van der Waals surface area contributed by atoms with Gasteiger partial charge < -0.3 is 14.9 Å². The Hall–Kier alpha value is -3.98. The summed E-state index contributed by atoms with van der Waals surface area (Å²) in [5.41, 5.74) is 4.95. The lowest BCUT2D eigenvalue weighted by Gasteiger charge is -2.43. The van der Waals surface area contributed by atoms with Crippen LogP contribution in [0.3, 0.4) is 0 Å². The number of ketones is 1. The van der Waals surface area contributed by atoms with E-state index in [1.54, 1.807) is 0 Å². The first-order valence-electron chi connectivity index (χ1n) is 12.3. The molecular formula is C28H28N6O2S. The normalized spacial score (nSPS) is 18.6. The summed E-state index contributed by atoms with van der Waals surface area (Å²) in [6.45, 7) is 4.20. The van der Waals surface area contributed by atoms with Crippen LogP contribution in [0.1, 0.15) is 43.7 Å². The average Bonchev–Trinajstić information content (AvgIpc) is 3.25. The maximum atomic E-state index is 13.9. The highest BCUT2D eigenvalue weighted by molar-refractivity contribution is 7.71. The highest BCUT2D eigenvalue weighted by Gasteiger charge is 2.46. The van der Waals surface area contributed by atoms with Gasteiger partial charge in [-0.25, -0.2) is 4.98 Å². The van der Waals surface area contributed by atoms with Gasteiger partial charge in [0.2, 0.25) is 5.95 Å². The molecule has 6 rings (SSSR count). The average molecular weight is 513 g/mol. The summed E-state index contributed by atoms with van der Waals surface area (Å²) in [4.78, 5) is 45.6. The second-order valence-electron chi connectivity index (χ2n) is 10.8. The summed E-state index contributed by atoms with van der Waals surface area (Å²) in [6, 6.07) is 15.8. The van der Waals surface area contributed by atoms with Gasteiger partial charge in [-0.15, -0.1) is 0 Å². The summed E-state index contributed by atoms with van der Waals surface area (Å²) in [7, 11) is 3.96. The molecule has 1 unspecified atom stereocenters. The van der Waals surface area contributed by atoms with Crippen LogP contribution >= 0.6 is 12.2 Å². The Balaban J connectivity index is 1.67. The van der Waals surface area contributed by atoms with Gasteiger partial charge in [-0.3, -0.25) is 19.5 Å². The number of H-pyrrole nitrogens is 3. The minimum Gasteiger partial charge on any atom is -0.378 e. The molecule has 9 heteroatoms. The largest absolute Gasteiger partial charge is 0.378 e. The van der Waals surface area contributed by atoms with Crippen molar-refractivity contribution in [3.05, 3.63) is 86.1 Å². The number of carbonyl (C=O) groups is 1. The molecule has 8 nitrogen and oxygen atoms in total. The molecule has 1 aliphatic carbocycles. The third-order valence-corrected chi connectivity index (χ3v) is 7.46. The maximum Gasteiger partial charge on any atom is 0.258 e. The number of nitrogens with zero attached hydrogens (tertiary/aromatic N) is 3. The van der Waals surface area contributed by atoms with Crippen molar-refractivity contribution in [2.45, 2.75) is 32.6 Å². The van der Waals surface area contributed by atoms with E-state index in [1.165, 1.54) is 0 Å². The SMILES string of the molecule is CN(C)c1ccc(C2C3=C(CC(C)(C)CC3=O)N(c3nc4ccccc4[nH]3)c3[nH]c(=S)[nH]c(=O)c32)cc1. The van der Waals surface area contributed by atoms with Gasteiger partial charge >= 0.3 is 0 Å². The van der Waals surface area contributed by atoms with E-state index in [-0.39, 0.29) is 21.5 Å². The topological polar surface area (TPSA) is 101 Å². The van der Waals surface area contributed by atoms with Gasteiger partial charge in [-0.2, -0.15) is 0 Å². The number of allylic oxidation sites excluding steroid dienone is 2. The lowest BCUT2D eigenvalue weighted by molar-refractivity contribution is -0.118. The Labute approximate surface area is 219 Å². The standard InChI is InChI=1S/C28H28N6O2S/c1-28(2)13-19-22(20(35)14-28)21(15-9-11-16(12-10-15)33(3)4)23-24(31-27(37)32-25(23)36)34(19)26-29-17-7-5-6-8-18(17)30-26/h5-12,21H,13-14H2,1-4H3,(H,29,30)(H2,31,32,36,37). The number of imidazole rings is 1. The van der Waals surface area contributed by atoms with Crippen molar-refractivity contribution in [3.8, 4) is 0 Å². The van der Waals surface area contributed by atoms with E-state index in [4.69, 9.17) is 17.2 Å². The molecule has 4 aromatic rings. The first kappa shape index (κ1) is 23.4. The quantitative estimate of drug-likeness (QED) is 0.322. The van der Waals surface area contributed by atoms with Crippen LogP contribution < -0.4 is 15.4 Å². The highest BCUT2D eigenvalue weighted by Crippen LogP contribution is 2.51. The van der Waals surface area contributed by atoms with Gasteiger partial charge in [0.25, 0.3) is 5.56 Å². The predicted octanol–water partition coefficient (Wildman–Crippen LogP) is 5.30. The molecule has 0 spiro atoms. The number of anilines is 3. The summed E-state index contributed by atoms with van der Waals surface area (Å²) in [5.74, 6) is 0.597. The Morgan fingerprint density at radius 2 is 1.73 bits per heavy atom. The number of hydrogen-bond donors (Lipinski definition) is 3. The maximum absolute atomic E-state index is 13.9. The monoisotopic (exact) mass is 512 g/mol. The predicted molar refractivity (Wildman–Crippen MR) is 148 cm³/mol. The van der Waals surface area contributed by atoms with Crippen molar-refractivity contribution in [1.29, 1.82) is 0 Å². The fraction of sp³-hybridized carbons (Fsp3) is 0.286. The number of para-hydroxylation sites is 2. The molecule has 0 fully saturated rings. The molecule has 0 amide bonds. The molecule has 1 aliphatic heterocycles. The van der Waals surface area contributed by atoms with E-state index >= 15 is 0 Å². The van der Waals surface area contributed by atoms with Gasteiger partial charge in [-0.1, -0.05) is 38.1 Å². The van der Waals surface area contributed by atoms with Crippen LogP contribution in [-0.2, 0) is 4.79 Å². The fourth-order valence-corrected chi connectivity index (χ4v) is 5.80. The number of Topliss-reactive ketones (excluding diaryl/α,β-unsaturated/α-hetero) is 1. The van der Waals surface area contributed by atoms with Gasteiger partial charge in [0, 0.05) is 43.4 Å². The first-order chi connectivity index (χ1) is 17.6. The van der Waals surface area contributed by atoms with E-state index in [0.717, 1.165) is 28.0 Å². The number of aromatic amines is 3. The number of benzene rings is 2. The van der Waals surface area contributed by atoms with Gasteiger partial charge in [0.1, 0.15) is 5.82 Å². The Kier molecular flexibility index (Phi) is 5.24. The van der Waals surface area contributed by atoms with Gasteiger partial charge in [0.15, 0.2) is 10.6 Å². The molecule has 188 valence electrons. The molecular weight excluding hydrogens is 484 g/mol. The summed E-state index contributed by atoms with van der Waals surface area (Å²) in [5, 5.41) is 0. The van der Waals surface area contributed by atoms with E-state index in [1.807, 2.05) is 72.4 Å². The number of hydrogen-bond acceptors (Lipinski definition) is 6. The Bertz CT molecular complexity index is 1670. The third-order valence-electron chi connectivity index (χ3n) is 7.26. The minimum absolute atomic E-state index is 0.0431. The van der Waals surface area contributed by atoms with E-state index < -0.39 is 5.92 Å². The van der Waals surface area contributed by atoms with Crippen molar-refractivity contribution in [2.24, 2.45) is 5.41 Å². The van der Waals surface area contributed by atoms with E-state index in [9.17, 15) is 9.59 Å². The zero-order valence-electron chi connectivity index (χ0n) is 21.2. The molecule has 0 bridgehead atoms. The number of carbonyl (C=O) groups excluding carboxylic acids is 1. The minimum atomic E-state index is -0.527. The molecule has 2 aromatic heterocycles. The third kappa shape index (κ3) is 3.81. The number of aromatic nitrogens is 4. The van der Waals surface area contributed by atoms with Crippen LogP contribution in [0.15, 0.2) is 64.6 Å². The van der Waals surface area contributed by atoms with Crippen LogP contribution in [0, 0.1) is 10.2 Å². The number of fused-ring (bicyclic) bond motifs is 2. The van der Waals surface area contributed by atoms with Crippen molar-refractivity contribution < 1.29 is 4.79 Å². The molecule has 3 N–H and O–H groups in total. The van der Waals surface area contributed by atoms with E-state index in [0.29, 0.717) is 35.7 Å². The zero-order chi connectivity index (χ0) is 26.1. The van der Waals surface area contributed by atoms with Crippen molar-refractivity contribution in [3.63, 3.8) is 0 Å². The van der Waals surface area contributed by atoms with Crippen LogP contribution in [0.5, 0.6) is 0 Å². The molecule has 2 aliphatic rings. The molecule has 0 saturated heterocycles. The molecule has 3 heterocycles. The van der Waals surface area contributed by atoms with Crippen LogP contribution in [0.2, 0.25) is 0 Å². The number of rotatable bonds is 3. The first-order valence-corrected chi connectivity index (χ1v) is 12.7. The van der Waals surface area contributed by atoms with Gasteiger partial charge in [0.05, 0.1) is 16.6 Å². The van der Waals surface area contributed by atoms with Crippen molar-refractivity contribution in [1.82, 2.24) is 19.9 Å². The van der Waals surface area contributed by atoms with Crippen LogP contribution in [-0.4, -0.2) is 39.8 Å². The number of nitrogens with one attached hydrogen (secondary N) is 3. The zero-order valence-corrected chi connectivity index (χ0v) is 22.0. The Morgan fingerprint density at radius 1 is 1.00 bits per heavy atom. The molecule has 37 heavy (non-hydrogen) atoms. The summed E-state index contributed by atoms with van der Waals surface area (Å²) < 4.78 is 0.219. The second-order valence-corrected chi connectivity index (χ2v) is 11.2. The van der Waals surface area contributed by atoms with Crippen molar-refractivity contribution in [2.75, 3.05) is 23.9 Å². The fourth-order valence-electron chi connectivity index (χ4n) is 5.61. The van der Waals surface area contributed by atoms with Crippen molar-refractivity contribution >= 4 is 46.5 Å². The smallest absolute Gasteiger partial charge is 0.258 e.